The highest BCUT2D eigenvalue weighted by Gasteiger charge is 2.23. The van der Waals surface area contributed by atoms with Gasteiger partial charge in [0.15, 0.2) is 0 Å². The first-order chi connectivity index (χ1) is 18.4. The van der Waals surface area contributed by atoms with Gasteiger partial charge in [-0.25, -0.2) is 8.42 Å². The summed E-state index contributed by atoms with van der Waals surface area (Å²) in [4.78, 5) is 18.1. The normalized spacial score (nSPS) is 17.4. The van der Waals surface area contributed by atoms with Crippen molar-refractivity contribution in [3.8, 4) is 0 Å². The van der Waals surface area contributed by atoms with Crippen LogP contribution >= 0.6 is 0 Å². The number of fused-ring (bicyclic) bond motifs is 1. The van der Waals surface area contributed by atoms with Gasteiger partial charge in [-0.05, 0) is 59.9 Å². The number of nitrogens with zero attached hydrogens (tertiary/aromatic N) is 2. The smallest absolute Gasteiger partial charge is 0.261 e. The molecule has 202 valence electrons. The number of hydrogen-bond acceptors (Lipinski definition) is 6. The highest BCUT2D eigenvalue weighted by molar-refractivity contribution is 7.92. The Morgan fingerprint density at radius 2 is 1.68 bits per heavy atom. The van der Waals surface area contributed by atoms with Gasteiger partial charge in [0.05, 0.1) is 23.7 Å². The van der Waals surface area contributed by atoms with Crippen molar-refractivity contribution in [3.63, 3.8) is 0 Å². The first kappa shape index (κ1) is 26.5. The third-order valence-electron chi connectivity index (χ3n) is 7.47. The fourth-order valence-electron chi connectivity index (χ4n) is 5.10. The van der Waals surface area contributed by atoms with Crippen LogP contribution in [0.4, 0.5) is 11.4 Å². The van der Waals surface area contributed by atoms with Crippen LogP contribution in [0.2, 0.25) is 0 Å². The van der Waals surface area contributed by atoms with Gasteiger partial charge in [0.25, 0.3) is 15.9 Å². The lowest BCUT2D eigenvalue weighted by Crippen LogP contribution is -2.41. The number of anilines is 2. The number of amides is 1. The van der Waals surface area contributed by atoms with Gasteiger partial charge in [-0.1, -0.05) is 37.3 Å². The van der Waals surface area contributed by atoms with Crippen molar-refractivity contribution >= 4 is 38.1 Å². The van der Waals surface area contributed by atoms with Crippen LogP contribution < -0.4 is 14.9 Å². The lowest BCUT2D eigenvalue weighted by Gasteiger charge is -2.33. The number of nitrogens with one attached hydrogen (secondary N) is 2. The summed E-state index contributed by atoms with van der Waals surface area (Å²) in [6, 6.07) is 18.0. The van der Waals surface area contributed by atoms with Crippen LogP contribution in [0, 0.1) is 5.92 Å². The predicted octanol–water partition coefficient (Wildman–Crippen LogP) is 3.94. The van der Waals surface area contributed by atoms with Crippen molar-refractivity contribution < 1.29 is 17.9 Å². The Kier molecular flexibility index (Phi) is 8.16. The number of rotatable bonds is 8. The van der Waals surface area contributed by atoms with E-state index in [1.807, 2.05) is 30.3 Å². The zero-order valence-corrected chi connectivity index (χ0v) is 22.7. The first-order valence-electron chi connectivity index (χ1n) is 13.4. The Morgan fingerprint density at radius 3 is 2.45 bits per heavy atom. The highest BCUT2D eigenvalue weighted by Crippen LogP contribution is 2.30. The molecule has 3 aromatic carbocycles. The number of hydrogen-bond donors (Lipinski definition) is 2. The van der Waals surface area contributed by atoms with Crippen LogP contribution in [0.3, 0.4) is 0 Å². The molecule has 2 aliphatic rings. The summed E-state index contributed by atoms with van der Waals surface area (Å²) in [6.45, 7) is 8.41. The van der Waals surface area contributed by atoms with Crippen molar-refractivity contribution in [2.24, 2.45) is 5.92 Å². The molecule has 2 heterocycles. The van der Waals surface area contributed by atoms with Crippen LogP contribution in [0.1, 0.15) is 30.1 Å². The van der Waals surface area contributed by atoms with E-state index < -0.39 is 10.0 Å². The summed E-state index contributed by atoms with van der Waals surface area (Å²) in [5, 5.41) is 4.88. The second-order valence-corrected chi connectivity index (χ2v) is 11.9. The number of carbonyl (C=O) groups excluding carboxylic acids is 1. The quantitative estimate of drug-likeness (QED) is 0.453. The molecule has 2 aliphatic heterocycles. The summed E-state index contributed by atoms with van der Waals surface area (Å²) in [5.74, 6) is 0.462. The van der Waals surface area contributed by atoms with Crippen LogP contribution in [0.25, 0.3) is 10.8 Å². The molecule has 3 aromatic rings. The molecule has 8 nitrogen and oxygen atoms in total. The molecule has 0 aromatic heterocycles. The maximum absolute atomic E-state index is 13.4. The van der Waals surface area contributed by atoms with Crippen LogP contribution in [0.5, 0.6) is 0 Å². The van der Waals surface area contributed by atoms with E-state index in [4.69, 9.17) is 4.74 Å². The number of carbonyl (C=O) groups is 1. The predicted molar refractivity (Wildman–Crippen MR) is 151 cm³/mol. The van der Waals surface area contributed by atoms with Crippen molar-refractivity contribution in [2.45, 2.75) is 24.7 Å². The molecule has 9 heteroatoms. The Labute approximate surface area is 225 Å². The SMILES string of the molecule is CC1CCN(c2ccc(NS(=O)(=O)c3ccc4ccccc4c3)cc2C(=O)NCCN2CCOCC2)CC1. The van der Waals surface area contributed by atoms with E-state index >= 15 is 0 Å². The van der Waals surface area contributed by atoms with Crippen LogP contribution in [-0.2, 0) is 14.8 Å². The van der Waals surface area contributed by atoms with Crippen molar-refractivity contribution in [2.75, 3.05) is 62.1 Å². The Bertz CT molecular complexity index is 1380. The Balaban J connectivity index is 1.36. The van der Waals surface area contributed by atoms with E-state index in [-0.39, 0.29) is 10.8 Å². The van der Waals surface area contributed by atoms with Crippen LogP contribution in [0.15, 0.2) is 65.6 Å². The number of morpholine rings is 1. The lowest BCUT2D eigenvalue weighted by atomic mass is 9.98. The third kappa shape index (κ3) is 6.28. The minimum Gasteiger partial charge on any atom is -0.379 e. The van der Waals surface area contributed by atoms with Crippen molar-refractivity contribution in [1.29, 1.82) is 0 Å². The average molecular weight is 537 g/mol. The summed E-state index contributed by atoms with van der Waals surface area (Å²) in [7, 11) is -3.84. The molecule has 0 saturated carbocycles. The van der Waals surface area contributed by atoms with Gasteiger partial charge in [-0.15, -0.1) is 0 Å². The fraction of sp³-hybridized carbons (Fsp3) is 0.414. The highest BCUT2D eigenvalue weighted by atomic mass is 32.2. The molecule has 0 unspecified atom stereocenters. The van der Waals surface area contributed by atoms with E-state index in [1.165, 1.54) is 0 Å². The standard InChI is InChI=1S/C29H36N4O4S/c1-22-10-13-33(14-11-22)28-9-7-25(21-27(28)29(34)30-12-15-32-16-18-37-19-17-32)31-38(35,36)26-8-6-23-4-2-3-5-24(23)20-26/h2-9,20-22,31H,10-19H2,1H3,(H,30,34). The van der Waals surface area contributed by atoms with Gasteiger partial charge < -0.3 is 15.0 Å². The molecular formula is C29H36N4O4S. The van der Waals surface area contributed by atoms with Gasteiger partial charge in [0.1, 0.15) is 0 Å². The molecule has 0 radical (unpaired) electrons. The number of ether oxygens (including phenoxy) is 1. The molecule has 0 spiro atoms. The van der Waals surface area contributed by atoms with Gasteiger partial charge in [-0.3, -0.25) is 14.4 Å². The topological polar surface area (TPSA) is 91.0 Å². The second kappa shape index (κ2) is 11.7. The minimum absolute atomic E-state index is 0.182. The van der Waals surface area contributed by atoms with Crippen LogP contribution in [-0.4, -0.2) is 71.7 Å². The van der Waals surface area contributed by atoms with E-state index in [9.17, 15) is 13.2 Å². The van der Waals surface area contributed by atoms with Gasteiger partial charge in [-0.2, -0.15) is 0 Å². The van der Waals surface area contributed by atoms with E-state index in [2.05, 4.69) is 26.8 Å². The molecule has 0 atom stereocenters. The Hall–Kier alpha value is -3.14. The third-order valence-corrected chi connectivity index (χ3v) is 8.85. The lowest BCUT2D eigenvalue weighted by molar-refractivity contribution is 0.0383. The van der Waals surface area contributed by atoms with Gasteiger partial charge in [0, 0.05) is 50.6 Å². The van der Waals surface area contributed by atoms with Crippen molar-refractivity contribution in [1.82, 2.24) is 10.2 Å². The largest absolute Gasteiger partial charge is 0.379 e. The average Bonchev–Trinajstić information content (AvgIpc) is 2.93. The van der Waals surface area contributed by atoms with Crippen molar-refractivity contribution in [3.05, 3.63) is 66.2 Å². The summed E-state index contributed by atoms with van der Waals surface area (Å²) in [6.07, 6.45) is 2.13. The number of sulfonamides is 1. The van der Waals surface area contributed by atoms with Gasteiger partial charge >= 0.3 is 0 Å². The second-order valence-electron chi connectivity index (χ2n) is 10.2. The molecule has 2 N–H and O–H groups in total. The zero-order valence-electron chi connectivity index (χ0n) is 21.9. The van der Waals surface area contributed by atoms with E-state index in [0.717, 1.165) is 62.0 Å². The minimum atomic E-state index is -3.84. The number of piperidine rings is 1. The Morgan fingerprint density at radius 1 is 0.947 bits per heavy atom. The summed E-state index contributed by atoms with van der Waals surface area (Å²) >= 11 is 0. The number of benzene rings is 3. The molecule has 2 saturated heterocycles. The summed E-state index contributed by atoms with van der Waals surface area (Å²) in [5.41, 5.74) is 1.69. The molecule has 5 rings (SSSR count). The van der Waals surface area contributed by atoms with E-state index in [0.29, 0.717) is 36.9 Å². The van der Waals surface area contributed by atoms with Gasteiger partial charge in [0.2, 0.25) is 0 Å². The molecule has 2 fully saturated rings. The first-order valence-corrected chi connectivity index (χ1v) is 14.9. The molecule has 38 heavy (non-hydrogen) atoms. The maximum Gasteiger partial charge on any atom is 0.261 e. The fourth-order valence-corrected chi connectivity index (χ4v) is 6.19. The molecule has 1 amide bonds. The molecule has 0 aliphatic carbocycles. The molecular weight excluding hydrogens is 500 g/mol. The summed E-state index contributed by atoms with van der Waals surface area (Å²) < 4.78 is 34.6. The molecule has 0 bridgehead atoms. The zero-order chi connectivity index (χ0) is 26.5. The maximum atomic E-state index is 13.4. The monoisotopic (exact) mass is 536 g/mol. The van der Waals surface area contributed by atoms with E-state index in [1.54, 1.807) is 30.3 Å².